The number of hydrogen-bond acceptors (Lipinski definition) is 7. The lowest BCUT2D eigenvalue weighted by molar-refractivity contribution is -0.385. The molecule has 8 heteroatoms. The van der Waals surface area contributed by atoms with Gasteiger partial charge in [0.15, 0.2) is 0 Å². The van der Waals surface area contributed by atoms with Crippen LogP contribution in [0.15, 0.2) is 0 Å². The van der Waals surface area contributed by atoms with Gasteiger partial charge in [0, 0.05) is 30.6 Å². The first-order chi connectivity index (χ1) is 9.52. The summed E-state index contributed by atoms with van der Waals surface area (Å²) in [5.74, 6) is 1.85. The van der Waals surface area contributed by atoms with Gasteiger partial charge in [-0.15, -0.1) is 0 Å². The van der Waals surface area contributed by atoms with Gasteiger partial charge in [-0.05, 0) is 13.8 Å². The molecule has 2 rings (SSSR count). The molecule has 7 nitrogen and oxygen atoms in total. The van der Waals surface area contributed by atoms with Crippen molar-refractivity contribution in [1.82, 2.24) is 9.97 Å². The molecule has 1 aliphatic heterocycles. The Kier molecular flexibility index (Phi) is 4.64. The topological polar surface area (TPSA) is 84.2 Å². The van der Waals surface area contributed by atoms with Gasteiger partial charge >= 0.3 is 5.69 Å². The molecule has 1 saturated heterocycles. The number of aromatic nitrogens is 2. The third kappa shape index (κ3) is 3.12. The minimum atomic E-state index is -0.382. The molecule has 1 atom stereocenters. The first kappa shape index (κ1) is 14.8. The van der Waals surface area contributed by atoms with Crippen LogP contribution in [0.25, 0.3) is 0 Å². The standard InChI is InChI=1S/C12H19N5O2S/c1-4-13-12-14-9(3)10(17(18)19)11(15-12)16-5-6-20-8(2)7-16/h8H,4-7H2,1-3H3,(H,13,14,15). The predicted octanol–water partition coefficient (Wildman–Crippen LogP) is 2.07. The van der Waals surface area contributed by atoms with E-state index in [1.54, 1.807) is 6.92 Å². The zero-order chi connectivity index (χ0) is 14.7. The van der Waals surface area contributed by atoms with Crippen LogP contribution in [0.4, 0.5) is 17.5 Å². The predicted molar refractivity (Wildman–Crippen MR) is 81.7 cm³/mol. The smallest absolute Gasteiger partial charge is 0.332 e. The lowest BCUT2D eigenvalue weighted by Crippen LogP contribution is -2.37. The third-order valence-electron chi connectivity index (χ3n) is 3.10. The van der Waals surface area contributed by atoms with Crippen LogP contribution in [-0.2, 0) is 0 Å². The lowest BCUT2D eigenvalue weighted by Gasteiger charge is -2.31. The molecule has 0 aromatic carbocycles. The number of nitrogens with zero attached hydrogens (tertiary/aromatic N) is 4. The van der Waals surface area contributed by atoms with Crippen molar-refractivity contribution in [2.75, 3.05) is 35.6 Å². The van der Waals surface area contributed by atoms with Gasteiger partial charge < -0.3 is 10.2 Å². The van der Waals surface area contributed by atoms with E-state index in [1.807, 2.05) is 23.6 Å². The average Bonchev–Trinajstić information content (AvgIpc) is 2.37. The molecule has 0 aliphatic carbocycles. The summed E-state index contributed by atoms with van der Waals surface area (Å²) in [6, 6.07) is 0. The van der Waals surface area contributed by atoms with E-state index in [1.165, 1.54) is 0 Å². The summed E-state index contributed by atoms with van der Waals surface area (Å²) >= 11 is 1.88. The van der Waals surface area contributed by atoms with E-state index in [-0.39, 0.29) is 10.6 Å². The maximum absolute atomic E-state index is 11.3. The van der Waals surface area contributed by atoms with E-state index in [2.05, 4.69) is 22.2 Å². The number of nitro groups is 1. The summed E-state index contributed by atoms with van der Waals surface area (Å²) < 4.78 is 0. The molecule has 20 heavy (non-hydrogen) atoms. The highest BCUT2D eigenvalue weighted by atomic mass is 32.2. The fourth-order valence-electron chi connectivity index (χ4n) is 2.23. The second kappa shape index (κ2) is 6.25. The highest BCUT2D eigenvalue weighted by molar-refractivity contribution is 8.00. The van der Waals surface area contributed by atoms with E-state index in [9.17, 15) is 10.1 Å². The van der Waals surface area contributed by atoms with Crippen LogP contribution in [0, 0.1) is 17.0 Å². The molecular weight excluding hydrogens is 278 g/mol. The molecule has 1 aromatic heterocycles. The number of nitrogens with one attached hydrogen (secondary N) is 1. The van der Waals surface area contributed by atoms with Crippen LogP contribution in [0.2, 0.25) is 0 Å². The van der Waals surface area contributed by atoms with Gasteiger partial charge in [0.05, 0.1) is 4.92 Å². The van der Waals surface area contributed by atoms with E-state index in [0.717, 1.165) is 18.8 Å². The van der Waals surface area contributed by atoms with E-state index >= 15 is 0 Å². The normalized spacial score (nSPS) is 18.9. The largest absolute Gasteiger partial charge is 0.354 e. The van der Waals surface area contributed by atoms with Gasteiger partial charge in [0.2, 0.25) is 11.8 Å². The molecule has 0 bridgehead atoms. The molecule has 1 fully saturated rings. The summed E-state index contributed by atoms with van der Waals surface area (Å²) in [7, 11) is 0. The van der Waals surface area contributed by atoms with E-state index in [0.29, 0.717) is 29.3 Å². The van der Waals surface area contributed by atoms with Gasteiger partial charge in [-0.25, -0.2) is 4.98 Å². The quantitative estimate of drug-likeness (QED) is 0.672. The molecule has 1 unspecified atom stereocenters. The Morgan fingerprint density at radius 1 is 1.55 bits per heavy atom. The Labute approximate surface area is 122 Å². The number of aryl methyl sites for hydroxylation is 1. The molecule has 0 spiro atoms. The van der Waals surface area contributed by atoms with E-state index < -0.39 is 0 Å². The van der Waals surface area contributed by atoms with Crippen LogP contribution in [-0.4, -0.2) is 45.5 Å². The summed E-state index contributed by atoms with van der Waals surface area (Å²) in [5.41, 5.74) is 0.424. The Morgan fingerprint density at radius 3 is 2.90 bits per heavy atom. The monoisotopic (exact) mass is 297 g/mol. The Balaban J connectivity index is 2.44. The second-order valence-electron chi connectivity index (χ2n) is 4.72. The Morgan fingerprint density at radius 2 is 2.30 bits per heavy atom. The average molecular weight is 297 g/mol. The van der Waals surface area contributed by atoms with Crippen molar-refractivity contribution < 1.29 is 4.92 Å². The Bertz CT molecular complexity index is 511. The molecule has 0 radical (unpaired) electrons. The molecule has 1 N–H and O–H groups in total. The van der Waals surface area contributed by atoms with Crippen LogP contribution in [0.1, 0.15) is 19.5 Å². The highest BCUT2D eigenvalue weighted by Gasteiger charge is 2.29. The molecule has 0 saturated carbocycles. The minimum Gasteiger partial charge on any atom is -0.354 e. The summed E-state index contributed by atoms with van der Waals surface area (Å²) in [4.78, 5) is 21.4. The number of anilines is 2. The van der Waals surface area contributed by atoms with Crippen LogP contribution >= 0.6 is 11.8 Å². The fraction of sp³-hybridized carbons (Fsp3) is 0.667. The molecule has 110 valence electrons. The van der Waals surface area contributed by atoms with Crippen molar-refractivity contribution in [2.45, 2.75) is 26.0 Å². The van der Waals surface area contributed by atoms with Crippen molar-refractivity contribution in [3.8, 4) is 0 Å². The van der Waals surface area contributed by atoms with Gasteiger partial charge in [-0.2, -0.15) is 16.7 Å². The fourth-order valence-corrected chi connectivity index (χ4v) is 3.25. The minimum absolute atomic E-state index is 0.0192. The van der Waals surface area contributed by atoms with Crippen LogP contribution in [0.5, 0.6) is 0 Å². The second-order valence-corrected chi connectivity index (χ2v) is 6.27. The van der Waals surface area contributed by atoms with Crippen molar-refractivity contribution >= 4 is 29.2 Å². The van der Waals surface area contributed by atoms with E-state index in [4.69, 9.17) is 0 Å². The highest BCUT2D eigenvalue weighted by Crippen LogP contribution is 2.32. The summed E-state index contributed by atoms with van der Waals surface area (Å²) in [6.45, 7) is 7.96. The zero-order valence-electron chi connectivity index (χ0n) is 11.9. The molecule has 2 heterocycles. The van der Waals surface area contributed by atoms with Gasteiger partial charge in [-0.3, -0.25) is 10.1 Å². The van der Waals surface area contributed by atoms with Crippen LogP contribution in [0.3, 0.4) is 0 Å². The van der Waals surface area contributed by atoms with Crippen LogP contribution < -0.4 is 10.2 Å². The first-order valence-electron chi connectivity index (χ1n) is 6.66. The lowest BCUT2D eigenvalue weighted by atomic mass is 10.3. The maximum Gasteiger partial charge on any atom is 0.332 e. The summed E-state index contributed by atoms with van der Waals surface area (Å²) in [6.07, 6.45) is 0. The van der Waals surface area contributed by atoms with Gasteiger partial charge in [0.1, 0.15) is 5.69 Å². The zero-order valence-corrected chi connectivity index (χ0v) is 12.7. The van der Waals surface area contributed by atoms with Gasteiger partial charge in [-0.1, -0.05) is 6.92 Å². The number of hydrogen-bond donors (Lipinski definition) is 1. The number of thioether (sulfide) groups is 1. The SMILES string of the molecule is CCNc1nc(C)c([N+](=O)[O-])c(N2CCSC(C)C2)n1. The first-order valence-corrected chi connectivity index (χ1v) is 7.71. The Hall–Kier alpha value is -1.57. The van der Waals surface area contributed by atoms with Crippen molar-refractivity contribution in [1.29, 1.82) is 0 Å². The maximum atomic E-state index is 11.3. The van der Waals surface area contributed by atoms with Crippen molar-refractivity contribution in [3.63, 3.8) is 0 Å². The number of rotatable bonds is 4. The summed E-state index contributed by atoms with van der Waals surface area (Å²) in [5, 5.41) is 14.8. The van der Waals surface area contributed by atoms with Gasteiger partial charge in [0.25, 0.3) is 0 Å². The molecule has 0 amide bonds. The third-order valence-corrected chi connectivity index (χ3v) is 4.23. The molecular formula is C12H19N5O2S. The molecule has 1 aromatic rings. The van der Waals surface area contributed by atoms with Crippen molar-refractivity contribution in [2.24, 2.45) is 0 Å². The molecule has 1 aliphatic rings. The van der Waals surface area contributed by atoms with Crippen molar-refractivity contribution in [3.05, 3.63) is 15.8 Å².